The fourth-order valence-corrected chi connectivity index (χ4v) is 4.17. The van der Waals surface area contributed by atoms with E-state index in [0.717, 1.165) is 11.1 Å². The minimum Gasteiger partial charge on any atom is -0.490 e. The summed E-state index contributed by atoms with van der Waals surface area (Å²) in [5.41, 5.74) is 0.345. The lowest BCUT2D eigenvalue weighted by Gasteiger charge is -2.20. The van der Waals surface area contributed by atoms with Gasteiger partial charge in [0.25, 0.3) is 11.6 Å². The highest BCUT2D eigenvalue weighted by Gasteiger charge is 2.36. The molecule has 2 aliphatic rings. The second-order valence-electron chi connectivity index (χ2n) is 7.95. The first-order chi connectivity index (χ1) is 17.2. The number of fused-ring (bicyclic) bond motifs is 1. The van der Waals surface area contributed by atoms with Crippen LogP contribution in [0.1, 0.15) is 36.7 Å². The number of esters is 1. The molecule has 0 aromatic heterocycles. The van der Waals surface area contributed by atoms with E-state index in [1.807, 2.05) is 13.8 Å². The summed E-state index contributed by atoms with van der Waals surface area (Å²) in [5, 5.41) is 26.3. The predicted octanol–water partition coefficient (Wildman–Crippen LogP) is 4.49. The number of rotatable bonds is 7. The van der Waals surface area contributed by atoms with Crippen LogP contribution in [0.4, 0.5) is 5.69 Å². The number of carbonyl (C=O) groups excluding carboxylic acids is 2. The number of nitro groups is 1. The van der Waals surface area contributed by atoms with Crippen LogP contribution in [0.25, 0.3) is 6.08 Å². The summed E-state index contributed by atoms with van der Waals surface area (Å²) in [4.78, 5) is 39.7. The lowest BCUT2D eigenvalue weighted by atomic mass is 10.1. The second kappa shape index (κ2) is 10.1. The first-order valence-electron chi connectivity index (χ1n) is 10.9. The number of hydrogen-bond donors (Lipinski definition) is 1. The van der Waals surface area contributed by atoms with E-state index < -0.39 is 16.8 Å². The van der Waals surface area contributed by atoms with Gasteiger partial charge in [-0.1, -0.05) is 26.0 Å². The van der Waals surface area contributed by atoms with Gasteiger partial charge in [0.15, 0.2) is 17.3 Å². The molecule has 0 radical (unpaired) electrons. The highest BCUT2D eigenvalue weighted by Crippen LogP contribution is 2.33. The van der Waals surface area contributed by atoms with E-state index in [1.54, 1.807) is 19.1 Å². The molecule has 2 aromatic carbocycles. The van der Waals surface area contributed by atoms with E-state index >= 15 is 0 Å². The van der Waals surface area contributed by atoms with Crippen molar-refractivity contribution in [1.29, 1.82) is 5.41 Å². The smallest absolute Gasteiger partial charge is 0.343 e. The number of amidine groups is 2. The van der Waals surface area contributed by atoms with Crippen molar-refractivity contribution in [1.82, 2.24) is 5.01 Å². The van der Waals surface area contributed by atoms with Crippen molar-refractivity contribution in [2.24, 2.45) is 16.0 Å². The van der Waals surface area contributed by atoms with Gasteiger partial charge < -0.3 is 9.47 Å². The van der Waals surface area contributed by atoms with Crippen LogP contribution >= 0.6 is 11.8 Å². The van der Waals surface area contributed by atoms with Gasteiger partial charge >= 0.3 is 5.97 Å². The average Bonchev–Trinajstić information content (AvgIpc) is 3.28. The number of aliphatic imine (C=N–C) groups is 1. The van der Waals surface area contributed by atoms with Gasteiger partial charge in [-0.15, -0.1) is 0 Å². The van der Waals surface area contributed by atoms with Crippen molar-refractivity contribution in [2.75, 3.05) is 6.61 Å². The average molecular weight is 508 g/mol. The van der Waals surface area contributed by atoms with Crippen LogP contribution in [0.2, 0.25) is 0 Å². The number of hydrogen-bond acceptors (Lipinski definition) is 9. The lowest BCUT2D eigenvalue weighted by Crippen LogP contribution is -2.35. The van der Waals surface area contributed by atoms with Crippen molar-refractivity contribution in [3.63, 3.8) is 0 Å². The topological polar surface area (TPSA) is 148 Å². The maximum atomic E-state index is 12.6. The summed E-state index contributed by atoms with van der Waals surface area (Å²) in [6.45, 7) is 5.95. The van der Waals surface area contributed by atoms with Crippen LogP contribution in [0.5, 0.6) is 11.5 Å². The molecule has 1 amide bonds. The third-order valence-corrected chi connectivity index (χ3v) is 6.25. The molecule has 11 nitrogen and oxygen atoms in total. The molecule has 0 bridgehead atoms. The number of ether oxygens (including phenoxy) is 2. The van der Waals surface area contributed by atoms with Gasteiger partial charge in [0.2, 0.25) is 5.17 Å². The van der Waals surface area contributed by atoms with Crippen LogP contribution in [0.3, 0.4) is 0 Å². The number of nitrogens with zero attached hydrogens (tertiary/aromatic N) is 4. The Bertz CT molecular complexity index is 1380. The van der Waals surface area contributed by atoms with E-state index in [0.29, 0.717) is 10.7 Å². The van der Waals surface area contributed by atoms with Crippen molar-refractivity contribution >= 4 is 51.4 Å². The summed E-state index contributed by atoms with van der Waals surface area (Å²) in [6, 6.07) is 9.84. The van der Waals surface area contributed by atoms with Crippen LogP contribution in [0.15, 0.2) is 58.1 Å². The van der Waals surface area contributed by atoms with Gasteiger partial charge in [-0.3, -0.25) is 20.3 Å². The second-order valence-corrected chi connectivity index (χ2v) is 8.94. The molecule has 0 atom stereocenters. The molecule has 2 heterocycles. The highest BCUT2D eigenvalue weighted by molar-refractivity contribution is 8.27. The van der Waals surface area contributed by atoms with Crippen LogP contribution in [0, 0.1) is 21.4 Å². The number of non-ortho nitro benzene ring substituents is 1. The molecular weight excluding hydrogens is 486 g/mol. The minimum atomic E-state index is -0.790. The summed E-state index contributed by atoms with van der Waals surface area (Å²) in [6.07, 6.45) is 1.49. The van der Waals surface area contributed by atoms with Crippen LogP contribution in [-0.2, 0) is 4.79 Å². The van der Waals surface area contributed by atoms with Crippen molar-refractivity contribution in [3.05, 3.63) is 69.3 Å². The molecular formula is C24H21N5O6S. The molecule has 0 saturated carbocycles. The zero-order chi connectivity index (χ0) is 26.0. The molecule has 0 fully saturated rings. The molecule has 0 aliphatic carbocycles. The van der Waals surface area contributed by atoms with Gasteiger partial charge in [0.05, 0.1) is 22.7 Å². The van der Waals surface area contributed by atoms with Gasteiger partial charge in [-0.05, 0) is 48.5 Å². The Morgan fingerprint density at radius 1 is 1.25 bits per heavy atom. The number of carbonyl (C=O) groups is 2. The highest BCUT2D eigenvalue weighted by atomic mass is 32.2. The maximum Gasteiger partial charge on any atom is 0.343 e. The molecule has 184 valence electrons. The first kappa shape index (κ1) is 24.8. The monoisotopic (exact) mass is 507 g/mol. The maximum absolute atomic E-state index is 12.6. The Balaban J connectivity index is 1.61. The quantitative estimate of drug-likeness (QED) is 0.190. The number of hydrazone groups is 1. The summed E-state index contributed by atoms with van der Waals surface area (Å²) >= 11 is 1.27. The number of amides is 1. The van der Waals surface area contributed by atoms with E-state index in [9.17, 15) is 19.7 Å². The number of thioether (sulfide) groups is 1. The molecule has 0 unspecified atom stereocenters. The van der Waals surface area contributed by atoms with E-state index in [4.69, 9.17) is 14.9 Å². The molecule has 36 heavy (non-hydrogen) atoms. The minimum absolute atomic E-state index is 0.0116. The molecule has 0 saturated heterocycles. The van der Waals surface area contributed by atoms with Crippen molar-refractivity contribution in [3.8, 4) is 11.5 Å². The molecule has 2 aliphatic heterocycles. The molecule has 0 spiro atoms. The Morgan fingerprint density at radius 2 is 2.03 bits per heavy atom. The third-order valence-electron chi connectivity index (χ3n) is 5.04. The Labute approximate surface area is 210 Å². The Hall–Kier alpha value is -4.32. The largest absolute Gasteiger partial charge is 0.490 e. The number of nitro benzene ring substituents is 1. The summed E-state index contributed by atoms with van der Waals surface area (Å²) < 4.78 is 11.0. The van der Waals surface area contributed by atoms with E-state index in [1.165, 1.54) is 47.1 Å². The summed E-state index contributed by atoms with van der Waals surface area (Å²) in [7, 11) is 0. The normalized spacial score (nSPS) is 16.1. The predicted molar refractivity (Wildman–Crippen MR) is 136 cm³/mol. The lowest BCUT2D eigenvalue weighted by molar-refractivity contribution is -0.384. The first-order valence-corrected chi connectivity index (χ1v) is 11.7. The number of benzene rings is 2. The molecule has 2 aromatic rings. The zero-order valence-electron chi connectivity index (χ0n) is 19.5. The molecule has 4 rings (SSSR count). The van der Waals surface area contributed by atoms with E-state index in [2.05, 4.69) is 10.1 Å². The molecule has 12 heteroatoms. The number of nitrogens with one attached hydrogen (secondary N) is 1. The van der Waals surface area contributed by atoms with Crippen molar-refractivity contribution < 1.29 is 24.0 Å². The Kier molecular flexibility index (Phi) is 6.97. The van der Waals surface area contributed by atoms with Gasteiger partial charge in [0.1, 0.15) is 5.04 Å². The standard InChI is InChI=1S/C24H21N5O6S/c1-4-34-19-11-14(8-9-18(19)35-23(31)15-6-5-7-16(12-15)29(32)33)10-17-20(25)28-24(26-21(17)30)36-22(27-28)13(2)3/h5-13,25H,4H2,1-3H3/b17-10-,25-20?. The molecule has 1 N–H and O–H groups in total. The van der Waals surface area contributed by atoms with Gasteiger partial charge in [0, 0.05) is 18.1 Å². The third kappa shape index (κ3) is 5.03. The van der Waals surface area contributed by atoms with Gasteiger partial charge in [-0.2, -0.15) is 15.1 Å². The van der Waals surface area contributed by atoms with Crippen molar-refractivity contribution in [2.45, 2.75) is 20.8 Å². The van der Waals surface area contributed by atoms with E-state index in [-0.39, 0.29) is 46.7 Å². The fourth-order valence-electron chi connectivity index (χ4n) is 3.28. The van der Waals surface area contributed by atoms with Crippen LogP contribution < -0.4 is 9.47 Å². The van der Waals surface area contributed by atoms with Gasteiger partial charge in [-0.25, -0.2) is 4.79 Å². The summed E-state index contributed by atoms with van der Waals surface area (Å²) in [5.74, 6) is -0.985. The SMILES string of the molecule is CCOc1cc(/C=C2/C(=N)N3N=C(C(C)C)SC3=NC2=O)ccc1OC(=O)c1cccc([N+](=O)[O-])c1. The zero-order valence-corrected chi connectivity index (χ0v) is 20.4. The van der Waals surface area contributed by atoms with Crippen LogP contribution in [-0.4, -0.2) is 44.5 Å². The fraction of sp³-hybridized carbons (Fsp3) is 0.208. The Morgan fingerprint density at radius 3 is 2.72 bits per heavy atom.